The second-order valence-electron chi connectivity index (χ2n) is 12.3. The molecular formula is C40H44N7O6P3. The van der Waals surface area contributed by atoms with E-state index in [0.29, 0.717) is 56.8 Å². The minimum atomic E-state index is -5.50. The van der Waals surface area contributed by atoms with Crippen molar-refractivity contribution in [3.8, 4) is 34.5 Å². The molecule has 1 atom stereocenters. The van der Waals surface area contributed by atoms with Gasteiger partial charge in [0.2, 0.25) is 0 Å². The molecule has 9 N–H and O–H groups in total. The van der Waals surface area contributed by atoms with E-state index in [2.05, 4.69) is 4.86 Å². The number of para-hydroxylation sites is 6. The molecule has 290 valence electrons. The van der Waals surface area contributed by atoms with Gasteiger partial charge >= 0.3 is 329 Å². The van der Waals surface area contributed by atoms with Gasteiger partial charge in [0.25, 0.3) is 0 Å². The molecule has 0 spiro atoms. The van der Waals surface area contributed by atoms with Crippen molar-refractivity contribution in [1.82, 2.24) is 9.46 Å². The van der Waals surface area contributed by atoms with Crippen molar-refractivity contribution >= 4 is 24.1 Å². The van der Waals surface area contributed by atoms with Crippen molar-refractivity contribution in [2.45, 2.75) is 26.2 Å². The Hall–Kier alpha value is -5.03. The summed E-state index contributed by atoms with van der Waals surface area (Å²) in [6.45, 7) is 0.558. The van der Waals surface area contributed by atoms with E-state index in [0.717, 1.165) is 0 Å². The summed E-state index contributed by atoms with van der Waals surface area (Å²) in [6, 6.07) is 47.7. The van der Waals surface area contributed by atoms with Crippen LogP contribution in [0.3, 0.4) is 0 Å². The Labute approximate surface area is 328 Å². The molecule has 13 nitrogen and oxygen atoms in total. The van der Waals surface area contributed by atoms with Crippen LogP contribution in [0.1, 0.15) is 22.3 Å². The molecule has 1 heterocycles. The third kappa shape index (κ3) is 8.10. The molecule has 1 aliphatic rings. The first kappa shape index (κ1) is 39.2. The molecule has 6 aromatic rings. The summed E-state index contributed by atoms with van der Waals surface area (Å²) in [5.41, 5.74) is 28.0. The van der Waals surface area contributed by atoms with Crippen molar-refractivity contribution in [3.63, 3.8) is 0 Å². The Kier molecular flexibility index (Phi) is 12.2. The number of nitrogens with zero attached hydrogens (tertiary/aromatic N) is 2. The van der Waals surface area contributed by atoms with Gasteiger partial charge in [-0.2, -0.15) is 0 Å². The molecule has 0 amide bonds. The predicted octanol–water partition coefficient (Wildman–Crippen LogP) is 8.70. The van der Waals surface area contributed by atoms with E-state index in [-0.39, 0.29) is 26.2 Å². The van der Waals surface area contributed by atoms with Crippen LogP contribution in [0.4, 0.5) is 0 Å². The molecule has 6 aromatic carbocycles. The van der Waals surface area contributed by atoms with Gasteiger partial charge in [0.05, 0.1) is 0 Å². The van der Waals surface area contributed by atoms with E-state index in [1.807, 2.05) is 109 Å². The van der Waals surface area contributed by atoms with Crippen molar-refractivity contribution in [2.24, 2.45) is 27.5 Å². The van der Waals surface area contributed by atoms with E-state index >= 15 is 0 Å². The molecule has 1 unspecified atom stereocenters. The zero-order valence-electron chi connectivity index (χ0n) is 30.4. The normalized spacial score (nSPS) is 16.7. The van der Waals surface area contributed by atoms with Gasteiger partial charge in [-0.1, -0.05) is 0 Å². The topological polar surface area (TPSA) is 187 Å². The van der Waals surface area contributed by atoms with E-state index in [1.54, 1.807) is 48.5 Å². The number of nitrogens with one attached hydrogen (secondary N) is 1. The monoisotopic (exact) mass is 811 g/mol. The van der Waals surface area contributed by atoms with E-state index < -0.39 is 24.1 Å². The molecule has 1 aliphatic heterocycles. The fourth-order valence-corrected chi connectivity index (χ4v) is 15.3. The number of hydrogen-bond donors (Lipinski definition) is 5. The summed E-state index contributed by atoms with van der Waals surface area (Å²) in [7, 11) is -10.2. The third-order valence-electron chi connectivity index (χ3n) is 8.59. The Morgan fingerprint density at radius 1 is 0.482 bits per heavy atom. The van der Waals surface area contributed by atoms with Crippen LogP contribution in [0, 0.1) is 0 Å². The van der Waals surface area contributed by atoms with Gasteiger partial charge in [-0.3, -0.25) is 0 Å². The fraction of sp³-hybridized carbons (Fsp3) is 0.100. The zero-order valence-corrected chi connectivity index (χ0v) is 33.2. The van der Waals surface area contributed by atoms with E-state index in [9.17, 15) is 0 Å². The Morgan fingerprint density at radius 3 is 1.30 bits per heavy atom. The van der Waals surface area contributed by atoms with Crippen LogP contribution in [-0.2, 0) is 26.2 Å². The molecule has 0 aromatic heterocycles. The summed E-state index contributed by atoms with van der Waals surface area (Å²) in [5.74, 6) is 2.21. The Bertz CT molecular complexity index is 2210. The second kappa shape index (κ2) is 17.4. The van der Waals surface area contributed by atoms with Gasteiger partial charge < -0.3 is 0 Å². The Balaban J connectivity index is 1.61. The molecule has 7 rings (SSSR count). The Morgan fingerprint density at radius 2 is 0.857 bits per heavy atom. The molecule has 16 heteroatoms. The maximum absolute atomic E-state index is 7.41. The van der Waals surface area contributed by atoms with Crippen molar-refractivity contribution in [1.29, 1.82) is 0 Å². The van der Waals surface area contributed by atoms with Gasteiger partial charge in [0, 0.05) is 0 Å². The average Bonchev–Trinajstić information content (AvgIpc) is 3.24. The van der Waals surface area contributed by atoms with E-state index in [4.69, 9.17) is 54.9 Å². The van der Waals surface area contributed by atoms with Gasteiger partial charge in [-0.15, -0.1) is 0 Å². The van der Waals surface area contributed by atoms with Gasteiger partial charge in [0.1, 0.15) is 0 Å². The fourth-order valence-electron chi connectivity index (χ4n) is 5.82. The summed E-state index contributed by atoms with van der Waals surface area (Å²) in [6.07, 6.45) is 0. The zero-order chi connectivity index (χ0) is 38.9. The van der Waals surface area contributed by atoms with Crippen molar-refractivity contribution < 1.29 is 27.5 Å². The summed E-state index contributed by atoms with van der Waals surface area (Å²) >= 11 is 0. The van der Waals surface area contributed by atoms with Crippen LogP contribution < -0.4 is 55.2 Å². The number of hydrogen-bond acceptors (Lipinski definition) is 13. The van der Waals surface area contributed by atoms with Crippen LogP contribution in [0.15, 0.2) is 162 Å². The first-order valence-corrected chi connectivity index (χ1v) is 22.2. The standard InChI is InChI=1S/C40H44N7O6P3/c41-27-31-15-7-11-23-37(31)49-55(50-38-24-12-8-16-32(38)28-42)45-54-46-56(51-36-21-5-2-6-22-36,47(55)48-35-19-3-1-4-20-35,52-39-25-13-9-17-33(39)29-43)53-40-26-14-10-18-34(40)30-44/h1-26,46,54H,27-30,41-44H2. The van der Waals surface area contributed by atoms with Gasteiger partial charge in [0.15, 0.2) is 0 Å². The first-order valence-electron chi connectivity index (χ1n) is 17.8. The molecule has 56 heavy (non-hydrogen) atoms. The van der Waals surface area contributed by atoms with Crippen LogP contribution in [-0.4, -0.2) is 4.60 Å². The second-order valence-corrected chi connectivity index (χ2v) is 18.9. The van der Waals surface area contributed by atoms with Crippen molar-refractivity contribution in [2.75, 3.05) is 0 Å². The summed E-state index contributed by atoms with van der Waals surface area (Å²) in [5, 5.41) is 0. The number of rotatable bonds is 16. The number of nitrogens with two attached hydrogens (primary N) is 4. The first-order chi connectivity index (χ1) is 27.4. The average molecular weight is 812 g/mol. The predicted molar refractivity (Wildman–Crippen MR) is 224 cm³/mol. The van der Waals surface area contributed by atoms with Crippen LogP contribution in [0.25, 0.3) is 0 Å². The van der Waals surface area contributed by atoms with Gasteiger partial charge in [-0.05, 0) is 0 Å². The molecule has 0 saturated heterocycles. The molecular weight excluding hydrogens is 767 g/mol. The molecule has 0 saturated carbocycles. The SMILES string of the molecule is NCc1ccccc1OP1(Oc2ccccc2CN)=NPNP(Oc2ccccc2)(Oc2ccccc2CN)(Oc2ccccc2CN)N1Oc1ccccc1. The minimum absolute atomic E-state index is 0.126. The van der Waals surface area contributed by atoms with Crippen LogP contribution in [0.5, 0.6) is 34.5 Å². The molecule has 0 fully saturated rings. The van der Waals surface area contributed by atoms with E-state index in [1.165, 1.54) is 4.60 Å². The summed E-state index contributed by atoms with van der Waals surface area (Å²) in [4.78, 5) is 10.6. The molecule has 0 bridgehead atoms. The van der Waals surface area contributed by atoms with Crippen molar-refractivity contribution in [3.05, 3.63) is 180 Å². The quantitative estimate of drug-likeness (QED) is 0.0586. The molecule has 0 aliphatic carbocycles. The molecule has 0 radical (unpaired) electrons. The van der Waals surface area contributed by atoms with Crippen LogP contribution in [0.2, 0.25) is 0 Å². The maximum atomic E-state index is 7.41. The van der Waals surface area contributed by atoms with Gasteiger partial charge in [-0.25, -0.2) is 0 Å². The van der Waals surface area contributed by atoms with Crippen LogP contribution >= 0.6 is 24.1 Å². The third-order valence-corrected chi connectivity index (χ3v) is 17.1. The summed E-state index contributed by atoms with van der Waals surface area (Å²) < 4.78 is 43.1. The number of benzene rings is 6.